The molecule has 2 aromatic heterocycles. The molecule has 2 N–H and O–H groups in total. The summed E-state index contributed by atoms with van der Waals surface area (Å²) in [6, 6.07) is 3.56. The van der Waals surface area contributed by atoms with Crippen LogP contribution in [0.4, 0.5) is 0 Å². The van der Waals surface area contributed by atoms with E-state index in [4.69, 9.17) is 16.1 Å². The Balaban J connectivity index is 1.92. The second kappa shape index (κ2) is 9.85. The van der Waals surface area contributed by atoms with E-state index in [1.165, 1.54) is 19.3 Å². The van der Waals surface area contributed by atoms with Crippen LogP contribution in [-0.4, -0.2) is 40.0 Å². The SMILES string of the molecule is [N-]=[N+]=NCc1nc2c(OCC3CCCCC3)cccn2c1C(=O)N(N)CCN=O. The van der Waals surface area contributed by atoms with Gasteiger partial charge in [-0.05, 0) is 36.4 Å². The average molecular weight is 400 g/mol. The fraction of sp³-hybridized carbons (Fsp3) is 0.556. The Morgan fingerprint density at radius 1 is 1.41 bits per heavy atom. The van der Waals surface area contributed by atoms with Gasteiger partial charge in [-0.25, -0.2) is 10.8 Å². The average Bonchev–Trinajstić information content (AvgIpc) is 3.13. The van der Waals surface area contributed by atoms with Crippen LogP contribution in [0.3, 0.4) is 0 Å². The lowest BCUT2D eigenvalue weighted by Crippen LogP contribution is -2.40. The molecule has 1 aliphatic rings. The van der Waals surface area contributed by atoms with E-state index in [2.05, 4.69) is 20.2 Å². The van der Waals surface area contributed by atoms with Crippen LogP contribution in [0.1, 0.15) is 48.3 Å². The molecule has 11 nitrogen and oxygen atoms in total. The summed E-state index contributed by atoms with van der Waals surface area (Å²) in [7, 11) is 0. The van der Waals surface area contributed by atoms with E-state index < -0.39 is 5.91 Å². The first-order valence-electron chi connectivity index (χ1n) is 9.65. The largest absolute Gasteiger partial charge is 0.489 e. The molecule has 2 heterocycles. The van der Waals surface area contributed by atoms with Crippen molar-refractivity contribution in [2.24, 2.45) is 22.1 Å². The Morgan fingerprint density at radius 3 is 2.93 bits per heavy atom. The predicted octanol–water partition coefficient (Wildman–Crippen LogP) is 3.19. The quantitative estimate of drug-likeness (QED) is 0.130. The standard InChI is InChI=1S/C18H24N8O3/c19-24-21-11-14-16(18(27)26(20)10-8-22-28)25-9-4-7-15(17(25)23-14)29-12-13-5-2-1-3-6-13/h4,7,9,13H,1-3,5-6,8,10-12,20H2. The third-order valence-corrected chi connectivity index (χ3v) is 5.07. The number of nitroso groups, excluding NO2 is 1. The highest BCUT2D eigenvalue weighted by Crippen LogP contribution is 2.27. The van der Waals surface area contributed by atoms with Crippen molar-refractivity contribution in [1.82, 2.24) is 14.4 Å². The molecule has 1 amide bonds. The van der Waals surface area contributed by atoms with Gasteiger partial charge in [-0.2, -0.15) is 4.91 Å². The molecule has 0 radical (unpaired) electrons. The van der Waals surface area contributed by atoms with Gasteiger partial charge < -0.3 is 4.74 Å². The van der Waals surface area contributed by atoms with E-state index in [1.807, 2.05) is 0 Å². The fourth-order valence-electron chi connectivity index (χ4n) is 3.59. The highest BCUT2D eigenvalue weighted by molar-refractivity contribution is 5.94. The lowest BCUT2D eigenvalue weighted by molar-refractivity contribution is 0.0752. The summed E-state index contributed by atoms with van der Waals surface area (Å²) in [6.07, 6.45) is 7.69. The molecule has 154 valence electrons. The van der Waals surface area contributed by atoms with Crippen LogP contribution in [0.15, 0.2) is 28.6 Å². The summed E-state index contributed by atoms with van der Waals surface area (Å²) in [5.74, 6) is 6.30. The molecule has 29 heavy (non-hydrogen) atoms. The molecule has 0 spiro atoms. The third-order valence-electron chi connectivity index (χ3n) is 5.07. The van der Waals surface area contributed by atoms with Crippen LogP contribution >= 0.6 is 0 Å². The first kappa shape index (κ1) is 20.6. The van der Waals surface area contributed by atoms with E-state index in [1.54, 1.807) is 22.7 Å². The van der Waals surface area contributed by atoms with Gasteiger partial charge >= 0.3 is 0 Å². The first-order valence-corrected chi connectivity index (χ1v) is 9.65. The number of aromatic nitrogens is 2. The molecule has 2 aromatic rings. The number of carbonyl (C=O) groups excluding carboxylic acids is 1. The van der Waals surface area contributed by atoms with Gasteiger partial charge in [-0.15, -0.1) is 0 Å². The van der Waals surface area contributed by atoms with Crippen LogP contribution in [0.5, 0.6) is 5.75 Å². The Morgan fingerprint density at radius 2 is 2.21 bits per heavy atom. The summed E-state index contributed by atoms with van der Waals surface area (Å²) < 4.78 is 7.62. The smallest absolute Gasteiger partial charge is 0.286 e. The number of hydrazine groups is 1. The molecular weight excluding hydrogens is 376 g/mol. The fourth-order valence-corrected chi connectivity index (χ4v) is 3.59. The number of ether oxygens (including phenoxy) is 1. The zero-order valence-corrected chi connectivity index (χ0v) is 16.1. The lowest BCUT2D eigenvalue weighted by atomic mass is 9.90. The molecule has 0 aliphatic heterocycles. The minimum atomic E-state index is -0.547. The minimum Gasteiger partial charge on any atom is -0.489 e. The van der Waals surface area contributed by atoms with E-state index in [0.717, 1.165) is 17.9 Å². The second-order valence-electron chi connectivity index (χ2n) is 7.03. The van der Waals surface area contributed by atoms with Crippen LogP contribution in [0, 0.1) is 10.8 Å². The number of carbonyl (C=O) groups is 1. The number of fused-ring (bicyclic) bond motifs is 1. The minimum absolute atomic E-state index is 0.0333. The molecule has 0 unspecified atom stereocenters. The maximum absolute atomic E-state index is 12.8. The van der Waals surface area contributed by atoms with Crippen LogP contribution in [-0.2, 0) is 6.54 Å². The van der Waals surface area contributed by atoms with Crippen molar-refractivity contribution in [3.05, 3.63) is 45.1 Å². The van der Waals surface area contributed by atoms with Gasteiger partial charge in [0.2, 0.25) is 0 Å². The monoisotopic (exact) mass is 400 g/mol. The molecule has 1 aliphatic carbocycles. The molecule has 1 saturated carbocycles. The van der Waals surface area contributed by atoms with Gasteiger partial charge in [0.05, 0.1) is 25.4 Å². The molecule has 0 atom stereocenters. The van der Waals surface area contributed by atoms with Gasteiger partial charge in [0.25, 0.3) is 5.91 Å². The highest BCUT2D eigenvalue weighted by Gasteiger charge is 2.24. The number of nitrogens with zero attached hydrogens (tertiary/aromatic N) is 7. The summed E-state index contributed by atoms with van der Waals surface area (Å²) in [5.41, 5.74) is 9.59. The molecule has 0 bridgehead atoms. The zero-order valence-electron chi connectivity index (χ0n) is 16.1. The summed E-state index contributed by atoms with van der Waals surface area (Å²) >= 11 is 0. The van der Waals surface area contributed by atoms with Crippen molar-refractivity contribution in [2.75, 3.05) is 19.7 Å². The molecular formula is C18H24N8O3. The number of imidazole rings is 1. The van der Waals surface area contributed by atoms with Gasteiger partial charge in [0.1, 0.15) is 12.2 Å². The van der Waals surface area contributed by atoms with Crippen molar-refractivity contribution in [3.63, 3.8) is 0 Å². The third kappa shape index (κ3) is 4.82. The molecule has 11 heteroatoms. The Hall–Kier alpha value is -3.17. The number of hydrogen-bond donors (Lipinski definition) is 1. The van der Waals surface area contributed by atoms with E-state index in [0.29, 0.717) is 23.9 Å². The Kier molecular flexibility index (Phi) is 6.99. The highest BCUT2D eigenvalue weighted by atomic mass is 16.5. The first-order chi connectivity index (χ1) is 14.2. The molecule has 1 fully saturated rings. The number of amides is 1. The lowest BCUT2D eigenvalue weighted by Gasteiger charge is -2.21. The molecule has 0 aromatic carbocycles. The van der Waals surface area contributed by atoms with Gasteiger partial charge in [-0.3, -0.25) is 14.2 Å². The molecule has 3 rings (SSSR count). The van der Waals surface area contributed by atoms with Crippen molar-refractivity contribution >= 4 is 11.6 Å². The topological polar surface area (TPSA) is 151 Å². The zero-order chi connectivity index (χ0) is 20.6. The van der Waals surface area contributed by atoms with Gasteiger partial charge in [-0.1, -0.05) is 29.6 Å². The van der Waals surface area contributed by atoms with Crippen LogP contribution in [0.25, 0.3) is 16.1 Å². The Bertz CT molecular complexity index is 915. The number of azide groups is 1. The van der Waals surface area contributed by atoms with E-state index in [9.17, 15) is 9.70 Å². The van der Waals surface area contributed by atoms with E-state index in [-0.39, 0.29) is 31.0 Å². The number of rotatable bonds is 9. The van der Waals surface area contributed by atoms with Crippen molar-refractivity contribution in [2.45, 2.75) is 38.6 Å². The predicted molar refractivity (Wildman–Crippen MR) is 106 cm³/mol. The van der Waals surface area contributed by atoms with Gasteiger partial charge in [0, 0.05) is 11.1 Å². The van der Waals surface area contributed by atoms with Crippen molar-refractivity contribution in [3.8, 4) is 5.75 Å². The van der Waals surface area contributed by atoms with Crippen molar-refractivity contribution in [1.29, 1.82) is 0 Å². The number of nitrogens with two attached hydrogens (primary N) is 1. The maximum atomic E-state index is 12.8. The summed E-state index contributed by atoms with van der Waals surface area (Å²) in [5, 5.41) is 7.16. The van der Waals surface area contributed by atoms with E-state index >= 15 is 0 Å². The van der Waals surface area contributed by atoms with Crippen LogP contribution < -0.4 is 10.6 Å². The maximum Gasteiger partial charge on any atom is 0.286 e. The van der Waals surface area contributed by atoms with Crippen LogP contribution in [0.2, 0.25) is 0 Å². The van der Waals surface area contributed by atoms with Crippen molar-refractivity contribution < 1.29 is 9.53 Å². The Labute approximate surface area is 167 Å². The van der Waals surface area contributed by atoms with Gasteiger partial charge in [0.15, 0.2) is 11.4 Å². The summed E-state index contributed by atoms with van der Waals surface area (Å²) in [6.45, 7) is 0.325. The number of pyridine rings is 1. The number of hydrogen-bond acceptors (Lipinski definition) is 7. The normalized spacial score (nSPS) is 14.4. The summed E-state index contributed by atoms with van der Waals surface area (Å²) in [4.78, 5) is 30.4. The second-order valence-corrected chi connectivity index (χ2v) is 7.03. The molecule has 0 saturated heterocycles.